The van der Waals surface area contributed by atoms with Gasteiger partial charge in [0.2, 0.25) is 0 Å². The van der Waals surface area contributed by atoms with E-state index in [1.165, 1.54) is 25.0 Å². The van der Waals surface area contributed by atoms with Crippen LogP contribution in [0.25, 0.3) is 0 Å². The highest BCUT2D eigenvalue weighted by molar-refractivity contribution is 7.99. The molecule has 1 aliphatic heterocycles. The Kier molecular flexibility index (Phi) is 4.51. The van der Waals surface area contributed by atoms with E-state index in [0.717, 1.165) is 6.54 Å². The number of nitrogens with zero attached hydrogens (tertiary/aromatic N) is 2. The minimum atomic E-state index is 0.496. The van der Waals surface area contributed by atoms with Crippen LogP contribution in [0.15, 0.2) is 12.5 Å². The molecule has 1 saturated heterocycles. The number of thioether (sulfide) groups is 1. The quantitative estimate of drug-likeness (QED) is 0.895. The van der Waals surface area contributed by atoms with Crippen molar-refractivity contribution in [2.24, 2.45) is 0 Å². The van der Waals surface area contributed by atoms with Gasteiger partial charge >= 0.3 is 0 Å². The van der Waals surface area contributed by atoms with E-state index in [1.54, 1.807) is 0 Å². The van der Waals surface area contributed by atoms with Crippen LogP contribution >= 0.6 is 11.8 Å². The van der Waals surface area contributed by atoms with Crippen LogP contribution in [-0.2, 0) is 6.54 Å². The SMILES string of the molecule is CSC(C)Cn1cncc1C1CCCC(C)N1. The van der Waals surface area contributed by atoms with Crippen molar-refractivity contribution >= 4 is 11.8 Å². The van der Waals surface area contributed by atoms with Gasteiger partial charge in [-0.15, -0.1) is 0 Å². The summed E-state index contributed by atoms with van der Waals surface area (Å²) in [5, 5.41) is 4.33. The zero-order valence-electron chi connectivity index (χ0n) is 11.0. The molecule has 1 aliphatic rings. The minimum Gasteiger partial charge on any atom is -0.332 e. The highest BCUT2D eigenvalue weighted by Gasteiger charge is 2.22. The fourth-order valence-corrected chi connectivity index (χ4v) is 2.81. The molecule has 1 fully saturated rings. The lowest BCUT2D eigenvalue weighted by atomic mass is 9.97. The highest BCUT2D eigenvalue weighted by Crippen LogP contribution is 2.25. The number of piperidine rings is 1. The zero-order valence-corrected chi connectivity index (χ0v) is 11.8. The van der Waals surface area contributed by atoms with Crippen LogP contribution in [0.1, 0.15) is 44.8 Å². The molecule has 3 unspecified atom stereocenters. The number of imidazole rings is 1. The van der Waals surface area contributed by atoms with Gasteiger partial charge in [-0.25, -0.2) is 4.98 Å². The zero-order chi connectivity index (χ0) is 12.3. The Morgan fingerprint density at radius 3 is 3.12 bits per heavy atom. The highest BCUT2D eigenvalue weighted by atomic mass is 32.2. The van der Waals surface area contributed by atoms with Crippen molar-refractivity contribution in [2.75, 3.05) is 6.26 Å². The molecule has 0 aromatic carbocycles. The number of hydrogen-bond acceptors (Lipinski definition) is 3. The van der Waals surface area contributed by atoms with Gasteiger partial charge in [-0.1, -0.05) is 6.92 Å². The summed E-state index contributed by atoms with van der Waals surface area (Å²) in [5.74, 6) is 0. The Morgan fingerprint density at radius 1 is 1.59 bits per heavy atom. The molecule has 0 amide bonds. The monoisotopic (exact) mass is 253 g/mol. The van der Waals surface area contributed by atoms with Crippen molar-refractivity contribution in [2.45, 2.75) is 57.0 Å². The fourth-order valence-electron chi connectivity index (χ4n) is 2.50. The molecule has 2 heterocycles. The molecule has 1 aromatic heterocycles. The Bertz CT molecular complexity index is 350. The van der Waals surface area contributed by atoms with Crippen molar-refractivity contribution in [3.8, 4) is 0 Å². The lowest BCUT2D eigenvalue weighted by molar-refractivity contribution is 0.329. The average molecular weight is 253 g/mol. The normalized spacial score (nSPS) is 27.0. The number of aromatic nitrogens is 2. The van der Waals surface area contributed by atoms with Crippen LogP contribution in [-0.4, -0.2) is 27.1 Å². The maximum absolute atomic E-state index is 4.32. The first-order valence-corrected chi connectivity index (χ1v) is 7.78. The predicted octanol–water partition coefficient (Wildman–Crippen LogP) is 2.84. The van der Waals surface area contributed by atoms with Crippen molar-refractivity contribution in [1.29, 1.82) is 0 Å². The van der Waals surface area contributed by atoms with E-state index in [1.807, 2.05) is 24.3 Å². The van der Waals surface area contributed by atoms with Gasteiger partial charge in [0.25, 0.3) is 0 Å². The molecule has 4 heteroatoms. The average Bonchev–Trinajstić information content (AvgIpc) is 2.77. The van der Waals surface area contributed by atoms with E-state index < -0.39 is 0 Å². The van der Waals surface area contributed by atoms with Crippen molar-refractivity contribution < 1.29 is 0 Å². The van der Waals surface area contributed by atoms with Crippen LogP contribution in [0.5, 0.6) is 0 Å². The maximum Gasteiger partial charge on any atom is 0.0949 e. The van der Waals surface area contributed by atoms with Crippen molar-refractivity contribution in [1.82, 2.24) is 14.9 Å². The summed E-state index contributed by atoms with van der Waals surface area (Å²) < 4.78 is 2.32. The van der Waals surface area contributed by atoms with Gasteiger partial charge < -0.3 is 9.88 Å². The van der Waals surface area contributed by atoms with Crippen LogP contribution in [0, 0.1) is 0 Å². The second kappa shape index (κ2) is 5.91. The first kappa shape index (κ1) is 13.0. The molecule has 96 valence electrons. The predicted molar refractivity (Wildman–Crippen MR) is 74.4 cm³/mol. The van der Waals surface area contributed by atoms with E-state index in [-0.39, 0.29) is 0 Å². The van der Waals surface area contributed by atoms with Crippen molar-refractivity contribution in [3.63, 3.8) is 0 Å². The van der Waals surface area contributed by atoms with Gasteiger partial charge in [-0.2, -0.15) is 11.8 Å². The van der Waals surface area contributed by atoms with Gasteiger partial charge in [0, 0.05) is 30.1 Å². The number of hydrogen-bond donors (Lipinski definition) is 1. The topological polar surface area (TPSA) is 29.9 Å². The molecule has 1 N–H and O–H groups in total. The summed E-state index contributed by atoms with van der Waals surface area (Å²) in [6, 6.07) is 1.13. The van der Waals surface area contributed by atoms with Gasteiger partial charge in [-0.3, -0.25) is 0 Å². The summed E-state index contributed by atoms with van der Waals surface area (Å²) in [4.78, 5) is 4.32. The number of rotatable bonds is 4. The second-order valence-corrected chi connectivity index (χ2v) is 6.34. The van der Waals surface area contributed by atoms with E-state index >= 15 is 0 Å². The molecule has 0 saturated carbocycles. The molecule has 0 radical (unpaired) electrons. The summed E-state index contributed by atoms with van der Waals surface area (Å²) in [6.07, 6.45) is 10.0. The van der Waals surface area contributed by atoms with Crippen LogP contribution in [0.4, 0.5) is 0 Å². The standard InChI is InChI=1S/C13H23N3S/c1-10-5-4-6-12(15-10)13-7-14-9-16(13)8-11(2)17-3/h7,9-12,15H,4-6,8H2,1-3H3. The number of nitrogens with one attached hydrogen (secondary N) is 1. The first-order valence-electron chi connectivity index (χ1n) is 6.49. The Hall–Kier alpha value is -0.480. The summed E-state index contributed by atoms with van der Waals surface area (Å²) in [6.45, 7) is 5.60. The van der Waals surface area contributed by atoms with Crippen LogP contribution < -0.4 is 5.32 Å². The van der Waals surface area contributed by atoms with E-state index in [4.69, 9.17) is 0 Å². The molecule has 3 nitrogen and oxygen atoms in total. The van der Waals surface area contributed by atoms with Gasteiger partial charge in [0.05, 0.1) is 12.0 Å². The molecule has 0 bridgehead atoms. The van der Waals surface area contributed by atoms with E-state index in [2.05, 4.69) is 35.0 Å². The molecule has 17 heavy (non-hydrogen) atoms. The Balaban J connectivity index is 2.07. The molecule has 1 aromatic rings. The maximum atomic E-state index is 4.32. The molecule has 0 spiro atoms. The second-order valence-electron chi connectivity index (χ2n) is 5.07. The van der Waals surface area contributed by atoms with Crippen molar-refractivity contribution in [3.05, 3.63) is 18.2 Å². The lowest BCUT2D eigenvalue weighted by Gasteiger charge is -2.29. The third kappa shape index (κ3) is 3.26. The van der Waals surface area contributed by atoms with Gasteiger partial charge in [-0.05, 0) is 32.4 Å². The molecular weight excluding hydrogens is 230 g/mol. The third-order valence-corrected chi connectivity index (χ3v) is 4.53. The van der Waals surface area contributed by atoms with Crippen LogP contribution in [0.3, 0.4) is 0 Å². The largest absolute Gasteiger partial charge is 0.332 e. The fraction of sp³-hybridized carbons (Fsp3) is 0.769. The van der Waals surface area contributed by atoms with E-state index in [0.29, 0.717) is 17.3 Å². The smallest absolute Gasteiger partial charge is 0.0949 e. The Labute approximate surface area is 108 Å². The molecule has 0 aliphatic carbocycles. The lowest BCUT2D eigenvalue weighted by Crippen LogP contribution is -2.35. The molecule has 3 atom stereocenters. The van der Waals surface area contributed by atoms with Gasteiger partial charge in [0.15, 0.2) is 0 Å². The third-order valence-electron chi connectivity index (χ3n) is 3.57. The van der Waals surface area contributed by atoms with E-state index in [9.17, 15) is 0 Å². The minimum absolute atomic E-state index is 0.496. The first-order chi connectivity index (χ1) is 8.20. The summed E-state index contributed by atoms with van der Waals surface area (Å²) >= 11 is 1.91. The van der Waals surface area contributed by atoms with Gasteiger partial charge in [0.1, 0.15) is 0 Å². The molecular formula is C13H23N3S. The van der Waals surface area contributed by atoms with Crippen LogP contribution in [0.2, 0.25) is 0 Å². The molecule has 2 rings (SSSR count). The Morgan fingerprint density at radius 2 is 2.41 bits per heavy atom. The summed E-state index contributed by atoms with van der Waals surface area (Å²) in [7, 11) is 0. The summed E-state index contributed by atoms with van der Waals surface area (Å²) in [5.41, 5.74) is 1.36.